The Morgan fingerprint density at radius 3 is 2.53 bits per heavy atom. The lowest BCUT2D eigenvalue weighted by Gasteiger charge is -2.02. The van der Waals surface area contributed by atoms with Crippen LogP contribution in [0, 0.1) is 0 Å². The maximum atomic E-state index is 11.6. The average Bonchev–Trinajstić information content (AvgIpc) is 2.25. The van der Waals surface area contributed by atoms with E-state index in [-0.39, 0.29) is 5.78 Å². The van der Waals surface area contributed by atoms with Gasteiger partial charge in [-0.3, -0.25) is 4.79 Å². The van der Waals surface area contributed by atoms with Crippen LogP contribution in [0.4, 0.5) is 0 Å². The maximum Gasteiger partial charge on any atom is 0.328 e. The summed E-state index contributed by atoms with van der Waals surface area (Å²) in [5.74, 6) is -1.38. The van der Waals surface area contributed by atoms with Crippen LogP contribution in [0.1, 0.15) is 22.8 Å². The second kappa shape index (κ2) is 5.10. The van der Waals surface area contributed by atoms with E-state index in [9.17, 15) is 9.59 Å². The highest BCUT2D eigenvalue weighted by atomic mass is 16.4. The first-order chi connectivity index (χ1) is 7.15. The van der Waals surface area contributed by atoms with Gasteiger partial charge in [0.2, 0.25) is 0 Å². The Balaban J connectivity index is 2.95. The molecule has 0 radical (unpaired) electrons. The lowest BCUT2D eigenvalue weighted by Crippen LogP contribution is -2.00. The summed E-state index contributed by atoms with van der Waals surface area (Å²) < 4.78 is 0. The summed E-state index contributed by atoms with van der Waals surface area (Å²) in [7, 11) is 0. The third-order valence-corrected chi connectivity index (χ3v) is 2.04. The van der Waals surface area contributed by atoms with E-state index in [1.807, 2.05) is 19.1 Å². The first kappa shape index (κ1) is 11.2. The summed E-state index contributed by atoms with van der Waals surface area (Å²) >= 11 is 0. The number of allylic oxidation sites excluding steroid dienone is 1. The van der Waals surface area contributed by atoms with Crippen molar-refractivity contribution in [2.75, 3.05) is 0 Å². The van der Waals surface area contributed by atoms with Crippen LogP contribution in [-0.4, -0.2) is 16.9 Å². The number of carboxylic acids is 1. The van der Waals surface area contributed by atoms with Gasteiger partial charge < -0.3 is 5.11 Å². The van der Waals surface area contributed by atoms with Gasteiger partial charge in [0.15, 0.2) is 5.78 Å². The summed E-state index contributed by atoms with van der Waals surface area (Å²) in [4.78, 5) is 21.8. The molecule has 1 aromatic rings. The minimum absolute atomic E-state index is 0.269. The molecule has 0 spiro atoms. The van der Waals surface area contributed by atoms with E-state index >= 15 is 0 Å². The summed E-state index contributed by atoms with van der Waals surface area (Å²) in [5, 5.41) is 8.40. The number of rotatable bonds is 4. The molecule has 0 fully saturated rings. The molecular formula is C12H12O3. The Labute approximate surface area is 88.0 Å². The molecule has 3 heteroatoms. The molecule has 78 valence electrons. The number of aryl methyl sites for hydroxylation is 1. The molecule has 0 saturated heterocycles. The van der Waals surface area contributed by atoms with Crippen molar-refractivity contribution in [2.24, 2.45) is 0 Å². The summed E-state index contributed by atoms with van der Waals surface area (Å²) in [6.07, 6.45) is 2.69. The van der Waals surface area contributed by atoms with E-state index < -0.39 is 5.97 Å². The van der Waals surface area contributed by atoms with Crippen LogP contribution in [0.15, 0.2) is 36.4 Å². The number of carbonyl (C=O) groups excluding carboxylic acids is 1. The van der Waals surface area contributed by atoms with Gasteiger partial charge in [-0.25, -0.2) is 4.79 Å². The molecule has 1 aromatic carbocycles. The molecular weight excluding hydrogens is 192 g/mol. The van der Waals surface area contributed by atoms with Crippen molar-refractivity contribution in [2.45, 2.75) is 13.3 Å². The number of carbonyl (C=O) groups is 2. The van der Waals surface area contributed by atoms with Crippen LogP contribution >= 0.6 is 0 Å². The van der Waals surface area contributed by atoms with Gasteiger partial charge in [-0.15, -0.1) is 0 Å². The third-order valence-electron chi connectivity index (χ3n) is 2.04. The van der Waals surface area contributed by atoms with E-state index in [2.05, 4.69) is 0 Å². The Morgan fingerprint density at radius 2 is 1.93 bits per heavy atom. The third kappa shape index (κ3) is 3.06. The van der Waals surface area contributed by atoms with Gasteiger partial charge in [0, 0.05) is 11.6 Å². The predicted octanol–water partition coefficient (Wildman–Crippen LogP) is 2.07. The molecule has 1 rings (SSSR count). The van der Waals surface area contributed by atoms with Gasteiger partial charge in [0.1, 0.15) is 0 Å². The zero-order chi connectivity index (χ0) is 11.3. The Hall–Kier alpha value is -1.90. The normalized spacial score (nSPS) is 10.5. The van der Waals surface area contributed by atoms with Crippen molar-refractivity contribution in [1.29, 1.82) is 0 Å². The molecule has 0 aliphatic rings. The first-order valence-corrected chi connectivity index (χ1v) is 4.68. The second-order valence-corrected chi connectivity index (χ2v) is 3.05. The minimum atomic E-state index is -1.11. The number of hydrogen-bond acceptors (Lipinski definition) is 2. The van der Waals surface area contributed by atoms with E-state index in [0.29, 0.717) is 5.56 Å². The highest BCUT2D eigenvalue weighted by Crippen LogP contribution is 2.10. The summed E-state index contributed by atoms with van der Waals surface area (Å²) in [5.41, 5.74) is 1.50. The van der Waals surface area contributed by atoms with Crippen LogP contribution in [0.25, 0.3) is 0 Å². The number of carboxylic acid groups (broad SMARTS) is 1. The molecule has 0 aliphatic carbocycles. The molecule has 3 nitrogen and oxygen atoms in total. The predicted molar refractivity (Wildman–Crippen MR) is 56.9 cm³/mol. The highest BCUT2D eigenvalue weighted by molar-refractivity contribution is 6.07. The van der Waals surface area contributed by atoms with Crippen LogP contribution in [0.3, 0.4) is 0 Å². The molecule has 15 heavy (non-hydrogen) atoms. The molecule has 0 aromatic heterocycles. The molecule has 0 heterocycles. The van der Waals surface area contributed by atoms with Crippen LogP contribution in [-0.2, 0) is 11.2 Å². The number of benzene rings is 1. The standard InChI is InChI=1S/C12H12O3/c1-2-9-5-3-4-6-10(9)11(13)7-8-12(14)15/h3-8H,2H2,1H3,(H,14,15). The van der Waals surface area contributed by atoms with Gasteiger partial charge in [0.25, 0.3) is 0 Å². The van der Waals surface area contributed by atoms with Crippen molar-refractivity contribution in [1.82, 2.24) is 0 Å². The zero-order valence-electron chi connectivity index (χ0n) is 8.43. The van der Waals surface area contributed by atoms with E-state index in [0.717, 1.165) is 24.1 Å². The fourth-order valence-electron chi connectivity index (χ4n) is 1.31. The monoisotopic (exact) mass is 204 g/mol. The van der Waals surface area contributed by atoms with E-state index in [1.54, 1.807) is 12.1 Å². The summed E-state index contributed by atoms with van der Waals surface area (Å²) in [6.45, 7) is 1.95. The van der Waals surface area contributed by atoms with Crippen molar-refractivity contribution < 1.29 is 14.7 Å². The molecule has 0 saturated carbocycles. The quantitative estimate of drug-likeness (QED) is 0.603. The van der Waals surface area contributed by atoms with Gasteiger partial charge >= 0.3 is 5.97 Å². The summed E-state index contributed by atoms with van der Waals surface area (Å²) in [6, 6.07) is 7.19. The Morgan fingerprint density at radius 1 is 1.27 bits per heavy atom. The largest absolute Gasteiger partial charge is 0.478 e. The zero-order valence-corrected chi connectivity index (χ0v) is 8.43. The smallest absolute Gasteiger partial charge is 0.328 e. The van der Waals surface area contributed by atoms with Gasteiger partial charge in [0.05, 0.1) is 0 Å². The molecule has 0 unspecified atom stereocenters. The minimum Gasteiger partial charge on any atom is -0.478 e. The van der Waals surface area contributed by atoms with E-state index in [4.69, 9.17) is 5.11 Å². The van der Waals surface area contributed by atoms with Gasteiger partial charge in [-0.05, 0) is 18.1 Å². The average molecular weight is 204 g/mol. The number of hydrogen-bond donors (Lipinski definition) is 1. The lowest BCUT2D eigenvalue weighted by atomic mass is 10.0. The maximum absolute atomic E-state index is 11.6. The fraction of sp³-hybridized carbons (Fsp3) is 0.167. The topological polar surface area (TPSA) is 54.4 Å². The van der Waals surface area contributed by atoms with Gasteiger partial charge in [-0.2, -0.15) is 0 Å². The van der Waals surface area contributed by atoms with E-state index in [1.165, 1.54) is 0 Å². The molecule has 0 aliphatic heterocycles. The SMILES string of the molecule is CCc1ccccc1C(=O)C=CC(=O)O. The molecule has 1 N–H and O–H groups in total. The highest BCUT2D eigenvalue weighted by Gasteiger charge is 2.06. The fourth-order valence-corrected chi connectivity index (χ4v) is 1.31. The number of ketones is 1. The van der Waals surface area contributed by atoms with Crippen molar-refractivity contribution in [3.63, 3.8) is 0 Å². The van der Waals surface area contributed by atoms with Crippen LogP contribution in [0.2, 0.25) is 0 Å². The number of aliphatic carboxylic acids is 1. The second-order valence-electron chi connectivity index (χ2n) is 3.05. The molecule has 0 amide bonds. The Bertz CT molecular complexity index is 405. The van der Waals surface area contributed by atoms with Crippen LogP contribution in [0.5, 0.6) is 0 Å². The molecule has 0 atom stereocenters. The van der Waals surface area contributed by atoms with Crippen molar-refractivity contribution in [3.05, 3.63) is 47.5 Å². The first-order valence-electron chi connectivity index (χ1n) is 4.68. The van der Waals surface area contributed by atoms with Gasteiger partial charge in [-0.1, -0.05) is 31.2 Å². The Kier molecular flexibility index (Phi) is 3.80. The van der Waals surface area contributed by atoms with Crippen LogP contribution < -0.4 is 0 Å². The lowest BCUT2D eigenvalue weighted by molar-refractivity contribution is -0.131. The van der Waals surface area contributed by atoms with Crippen molar-refractivity contribution >= 4 is 11.8 Å². The molecule has 0 bridgehead atoms. The van der Waals surface area contributed by atoms with Crippen molar-refractivity contribution in [3.8, 4) is 0 Å².